The Labute approximate surface area is 114 Å². The summed E-state index contributed by atoms with van der Waals surface area (Å²) in [5.41, 5.74) is 2.03. The molecule has 0 aliphatic carbocycles. The maximum atomic E-state index is 11.9. The third-order valence-electron chi connectivity index (χ3n) is 2.92. The third-order valence-corrected chi connectivity index (χ3v) is 2.92. The van der Waals surface area contributed by atoms with Crippen LogP contribution in [-0.2, 0) is 4.74 Å². The number of rotatable bonds is 1. The fourth-order valence-electron chi connectivity index (χ4n) is 2.07. The number of ether oxygens (including phenoxy) is 1. The summed E-state index contributed by atoms with van der Waals surface area (Å²) in [5, 5.41) is 0. The average Bonchev–Trinajstić information content (AvgIpc) is 2.77. The average molecular weight is 259 g/mol. The van der Waals surface area contributed by atoms with E-state index in [2.05, 4.69) is 18.2 Å². The predicted octanol–water partition coefficient (Wildman–Crippen LogP) is 3.71. The molecule has 0 unspecified atom stereocenters. The topological polar surface area (TPSA) is 29.5 Å². The highest BCUT2D eigenvalue weighted by molar-refractivity contribution is 5.70. The van der Waals surface area contributed by atoms with E-state index in [-0.39, 0.29) is 6.09 Å². The van der Waals surface area contributed by atoms with Gasteiger partial charge in [-0.15, -0.1) is 0 Å². The van der Waals surface area contributed by atoms with Gasteiger partial charge in [0.25, 0.3) is 0 Å². The van der Waals surface area contributed by atoms with Crippen molar-refractivity contribution in [3.05, 3.63) is 41.5 Å². The van der Waals surface area contributed by atoms with Crippen molar-refractivity contribution in [1.82, 2.24) is 4.90 Å². The molecule has 1 heterocycles. The first-order valence-electron chi connectivity index (χ1n) is 6.66. The number of likely N-dealkylation sites (tertiary alicyclic amines) is 1. The summed E-state index contributed by atoms with van der Waals surface area (Å²) >= 11 is 0. The minimum absolute atomic E-state index is 0.219. The van der Waals surface area contributed by atoms with Crippen molar-refractivity contribution in [2.45, 2.75) is 32.8 Å². The smallest absolute Gasteiger partial charge is 0.410 e. The number of hydrogen-bond acceptors (Lipinski definition) is 2. The molecule has 1 aliphatic heterocycles. The van der Waals surface area contributed by atoms with E-state index in [0.717, 1.165) is 13.0 Å². The summed E-state index contributed by atoms with van der Waals surface area (Å²) in [6.07, 6.45) is 2.86. The molecule has 0 atom stereocenters. The Bertz CT molecular complexity index is 471. The van der Waals surface area contributed by atoms with Crippen molar-refractivity contribution in [3.8, 4) is 0 Å². The summed E-state index contributed by atoms with van der Waals surface area (Å²) in [6, 6.07) is 10.2. The maximum absolute atomic E-state index is 11.9. The Morgan fingerprint density at radius 1 is 1.26 bits per heavy atom. The largest absolute Gasteiger partial charge is 0.444 e. The highest BCUT2D eigenvalue weighted by Crippen LogP contribution is 2.20. The third kappa shape index (κ3) is 4.12. The number of amides is 1. The van der Waals surface area contributed by atoms with E-state index >= 15 is 0 Å². The molecule has 3 nitrogen and oxygen atoms in total. The summed E-state index contributed by atoms with van der Waals surface area (Å²) in [5.74, 6) is 0. The first-order valence-corrected chi connectivity index (χ1v) is 6.66. The van der Waals surface area contributed by atoms with Crippen molar-refractivity contribution in [2.75, 3.05) is 13.1 Å². The summed E-state index contributed by atoms with van der Waals surface area (Å²) in [7, 11) is 0. The van der Waals surface area contributed by atoms with Crippen LogP contribution in [0.4, 0.5) is 4.79 Å². The highest BCUT2D eigenvalue weighted by atomic mass is 16.6. The van der Waals surface area contributed by atoms with Crippen molar-refractivity contribution in [2.24, 2.45) is 0 Å². The van der Waals surface area contributed by atoms with Gasteiger partial charge in [0.05, 0.1) is 0 Å². The lowest BCUT2D eigenvalue weighted by Gasteiger charge is -2.23. The van der Waals surface area contributed by atoms with E-state index in [1.54, 1.807) is 4.90 Å². The Hall–Kier alpha value is -1.77. The molecule has 0 aromatic heterocycles. The van der Waals surface area contributed by atoms with Gasteiger partial charge in [0.15, 0.2) is 0 Å². The molecule has 0 N–H and O–H groups in total. The second kappa shape index (κ2) is 5.47. The van der Waals surface area contributed by atoms with Crippen molar-refractivity contribution < 1.29 is 9.53 Å². The molecule has 0 spiro atoms. The molecule has 0 radical (unpaired) electrons. The monoisotopic (exact) mass is 259 g/mol. The van der Waals surface area contributed by atoms with Crippen molar-refractivity contribution in [3.63, 3.8) is 0 Å². The molecule has 1 aliphatic rings. The number of carbonyl (C=O) groups excluding carboxylic acids is 1. The van der Waals surface area contributed by atoms with Crippen LogP contribution < -0.4 is 0 Å². The normalized spacial score (nSPS) is 17.8. The van der Waals surface area contributed by atoms with Crippen LogP contribution in [0, 0.1) is 0 Å². The van der Waals surface area contributed by atoms with Gasteiger partial charge in [-0.2, -0.15) is 0 Å². The molecule has 102 valence electrons. The summed E-state index contributed by atoms with van der Waals surface area (Å²) < 4.78 is 5.38. The van der Waals surface area contributed by atoms with Gasteiger partial charge < -0.3 is 9.64 Å². The SMILES string of the molecule is CC(C)(C)OC(=O)N1CCC(=Cc2ccccc2)C1. The van der Waals surface area contributed by atoms with E-state index in [1.807, 2.05) is 39.0 Å². The van der Waals surface area contributed by atoms with E-state index < -0.39 is 5.60 Å². The summed E-state index contributed by atoms with van der Waals surface area (Å²) in [6.45, 7) is 7.09. The number of carbonyl (C=O) groups is 1. The van der Waals surface area contributed by atoms with Gasteiger partial charge in [0, 0.05) is 13.1 Å². The molecule has 1 amide bonds. The van der Waals surface area contributed by atoms with Gasteiger partial charge in [0.2, 0.25) is 0 Å². The number of hydrogen-bond donors (Lipinski definition) is 0. The molecule has 1 saturated heterocycles. The number of nitrogens with zero attached hydrogens (tertiary/aromatic N) is 1. The van der Waals surface area contributed by atoms with E-state index in [1.165, 1.54) is 11.1 Å². The zero-order valence-electron chi connectivity index (χ0n) is 11.8. The zero-order valence-corrected chi connectivity index (χ0v) is 11.8. The van der Waals surface area contributed by atoms with Gasteiger partial charge in [-0.1, -0.05) is 36.4 Å². The predicted molar refractivity (Wildman–Crippen MR) is 76.8 cm³/mol. The van der Waals surface area contributed by atoms with Crippen LogP contribution in [0.1, 0.15) is 32.8 Å². The standard InChI is InChI=1S/C16H21NO2/c1-16(2,3)19-15(18)17-10-9-14(12-17)11-13-7-5-4-6-8-13/h4-8,11H,9-10,12H2,1-3H3. The Morgan fingerprint density at radius 2 is 1.95 bits per heavy atom. The fraction of sp³-hybridized carbons (Fsp3) is 0.438. The van der Waals surface area contributed by atoms with Gasteiger partial charge in [-0.05, 0) is 38.3 Å². The van der Waals surface area contributed by atoms with E-state index in [0.29, 0.717) is 6.54 Å². The fourth-order valence-corrected chi connectivity index (χ4v) is 2.07. The second-order valence-electron chi connectivity index (χ2n) is 5.87. The highest BCUT2D eigenvalue weighted by Gasteiger charge is 2.26. The first-order chi connectivity index (χ1) is 8.94. The molecule has 1 aromatic carbocycles. The Kier molecular flexibility index (Phi) is 3.93. The molecule has 1 fully saturated rings. The van der Waals surface area contributed by atoms with Gasteiger partial charge in [0.1, 0.15) is 5.60 Å². The molecule has 0 saturated carbocycles. The minimum Gasteiger partial charge on any atom is -0.444 e. The Morgan fingerprint density at radius 3 is 2.58 bits per heavy atom. The molecule has 19 heavy (non-hydrogen) atoms. The Balaban J connectivity index is 1.97. The lowest BCUT2D eigenvalue weighted by Crippen LogP contribution is -2.34. The van der Waals surface area contributed by atoms with Crippen LogP contribution in [0.2, 0.25) is 0 Å². The first kappa shape index (κ1) is 13.7. The van der Waals surface area contributed by atoms with E-state index in [4.69, 9.17) is 4.74 Å². The van der Waals surface area contributed by atoms with Crippen LogP contribution >= 0.6 is 0 Å². The molecule has 2 rings (SSSR count). The van der Waals surface area contributed by atoms with Crippen LogP contribution in [-0.4, -0.2) is 29.7 Å². The lowest BCUT2D eigenvalue weighted by atomic mass is 10.1. The van der Waals surface area contributed by atoms with Crippen molar-refractivity contribution >= 4 is 12.2 Å². The second-order valence-corrected chi connectivity index (χ2v) is 5.87. The van der Waals surface area contributed by atoms with Crippen molar-refractivity contribution in [1.29, 1.82) is 0 Å². The molecular weight excluding hydrogens is 238 g/mol. The van der Waals surface area contributed by atoms with Crippen LogP contribution in [0.15, 0.2) is 35.9 Å². The van der Waals surface area contributed by atoms with Gasteiger partial charge in [-0.3, -0.25) is 0 Å². The maximum Gasteiger partial charge on any atom is 0.410 e. The van der Waals surface area contributed by atoms with Crippen LogP contribution in [0.25, 0.3) is 6.08 Å². The van der Waals surface area contributed by atoms with Gasteiger partial charge >= 0.3 is 6.09 Å². The molecular formula is C16H21NO2. The number of benzene rings is 1. The minimum atomic E-state index is -0.428. The quantitative estimate of drug-likeness (QED) is 0.769. The lowest BCUT2D eigenvalue weighted by molar-refractivity contribution is 0.0299. The van der Waals surface area contributed by atoms with E-state index in [9.17, 15) is 4.79 Å². The molecule has 1 aromatic rings. The van der Waals surface area contributed by atoms with Crippen LogP contribution in [0.3, 0.4) is 0 Å². The summed E-state index contributed by atoms with van der Waals surface area (Å²) in [4.78, 5) is 13.7. The molecule has 3 heteroatoms. The van der Waals surface area contributed by atoms with Crippen LogP contribution in [0.5, 0.6) is 0 Å². The van der Waals surface area contributed by atoms with Gasteiger partial charge in [-0.25, -0.2) is 4.79 Å². The zero-order chi connectivity index (χ0) is 13.9. The molecule has 0 bridgehead atoms.